The van der Waals surface area contributed by atoms with Crippen LogP contribution >= 0.6 is 11.6 Å². The quantitative estimate of drug-likeness (QED) is 0.484. The fourth-order valence-corrected chi connectivity index (χ4v) is 5.02. The SMILES string of the molecule is CN1CCC(c2noc(-c3c4c5c(n3-4)NCCN5Cc3cc(Cl)ccc3C(F)(F)F)n2)C1. The number of fused-ring (bicyclic) bond motifs is 4. The van der Waals surface area contributed by atoms with Gasteiger partial charge in [-0.25, -0.2) is 0 Å². The molecule has 6 rings (SSSR count). The second kappa shape index (κ2) is 6.89. The Balaban J connectivity index is 1.29. The summed E-state index contributed by atoms with van der Waals surface area (Å²) in [5.74, 6) is 2.30. The highest BCUT2D eigenvalue weighted by Crippen LogP contribution is 2.58. The van der Waals surface area contributed by atoms with Gasteiger partial charge in [0.1, 0.15) is 22.9 Å². The number of nitrogens with one attached hydrogen (secondary N) is 1. The summed E-state index contributed by atoms with van der Waals surface area (Å²) in [7, 11) is 2.07. The smallest absolute Gasteiger partial charge is 0.368 e. The van der Waals surface area contributed by atoms with E-state index in [0.29, 0.717) is 24.8 Å². The third kappa shape index (κ3) is 3.07. The van der Waals surface area contributed by atoms with E-state index in [0.717, 1.165) is 48.5 Å². The van der Waals surface area contributed by atoms with Crippen molar-refractivity contribution in [3.8, 4) is 17.3 Å². The highest BCUT2D eigenvalue weighted by molar-refractivity contribution is 6.30. The highest BCUT2D eigenvalue weighted by Gasteiger charge is 2.46. The van der Waals surface area contributed by atoms with Crippen LogP contribution in [0.1, 0.15) is 29.3 Å². The molecular weight excluding hydrogens is 445 g/mol. The Hall–Kier alpha value is -2.72. The zero-order valence-electron chi connectivity index (χ0n) is 17.2. The van der Waals surface area contributed by atoms with Crippen molar-refractivity contribution < 1.29 is 17.7 Å². The molecular formula is C21H20ClF3N6O. The third-order valence-corrected chi connectivity index (χ3v) is 6.65. The van der Waals surface area contributed by atoms with Crippen molar-refractivity contribution in [1.29, 1.82) is 0 Å². The Morgan fingerprint density at radius 1 is 1.25 bits per heavy atom. The van der Waals surface area contributed by atoms with Crippen molar-refractivity contribution in [3.63, 3.8) is 0 Å². The number of anilines is 2. The average Bonchev–Trinajstić information content (AvgIpc) is 3.04. The van der Waals surface area contributed by atoms with Gasteiger partial charge in [-0.05, 0) is 43.8 Å². The van der Waals surface area contributed by atoms with Crippen molar-refractivity contribution in [2.75, 3.05) is 43.4 Å². The molecule has 1 saturated heterocycles. The van der Waals surface area contributed by atoms with Gasteiger partial charge in [-0.3, -0.25) is 4.57 Å². The molecule has 7 nitrogen and oxygen atoms in total. The summed E-state index contributed by atoms with van der Waals surface area (Å²) >= 11 is 6.01. The van der Waals surface area contributed by atoms with E-state index in [9.17, 15) is 13.2 Å². The van der Waals surface area contributed by atoms with Gasteiger partial charge in [0.2, 0.25) is 0 Å². The van der Waals surface area contributed by atoms with E-state index in [4.69, 9.17) is 16.1 Å². The normalized spacial score (nSPS) is 19.9. The van der Waals surface area contributed by atoms with E-state index >= 15 is 0 Å². The molecule has 1 aromatic heterocycles. The molecule has 0 spiro atoms. The van der Waals surface area contributed by atoms with Crippen LogP contribution in [0.25, 0.3) is 17.3 Å². The number of likely N-dealkylation sites (tertiary alicyclic amines) is 1. The minimum absolute atomic E-state index is 0.115. The zero-order chi connectivity index (χ0) is 22.2. The maximum atomic E-state index is 13.5. The van der Waals surface area contributed by atoms with E-state index in [1.165, 1.54) is 12.1 Å². The lowest BCUT2D eigenvalue weighted by Crippen LogP contribution is -2.36. The van der Waals surface area contributed by atoms with Crippen molar-refractivity contribution in [3.05, 3.63) is 40.2 Å². The number of hydrogen-bond acceptors (Lipinski definition) is 6. The molecule has 0 amide bonds. The molecule has 0 bridgehead atoms. The first-order valence-corrected chi connectivity index (χ1v) is 10.8. The Morgan fingerprint density at radius 2 is 2.09 bits per heavy atom. The molecule has 1 unspecified atom stereocenters. The lowest BCUT2D eigenvalue weighted by Gasteiger charge is -2.35. The maximum Gasteiger partial charge on any atom is 0.416 e. The Labute approximate surface area is 186 Å². The number of halogens is 4. The first kappa shape index (κ1) is 19.9. The third-order valence-electron chi connectivity index (χ3n) is 6.42. The zero-order valence-corrected chi connectivity index (χ0v) is 18.0. The molecule has 4 aliphatic heterocycles. The minimum atomic E-state index is -4.44. The topological polar surface area (TPSA) is 62.4 Å². The lowest BCUT2D eigenvalue weighted by molar-refractivity contribution is -0.138. The fraction of sp³-hybridized carbons (Fsp3) is 0.429. The molecule has 0 saturated carbocycles. The molecule has 4 aliphatic rings. The van der Waals surface area contributed by atoms with Gasteiger partial charge in [-0.2, -0.15) is 18.2 Å². The lowest BCUT2D eigenvalue weighted by atomic mass is 10.1. The molecule has 32 heavy (non-hydrogen) atoms. The summed E-state index contributed by atoms with van der Waals surface area (Å²) < 4.78 is 48.1. The summed E-state index contributed by atoms with van der Waals surface area (Å²) in [5, 5.41) is 7.79. The molecule has 1 atom stereocenters. The highest BCUT2D eigenvalue weighted by atomic mass is 35.5. The summed E-state index contributed by atoms with van der Waals surface area (Å²) in [5.41, 5.74) is 2.15. The molecule has 5 heterocycles. The van der Waals surface area contributed by atoms with Crippen LogP contribution in [-0.2, 0) is 12.7 Å². The molecule has 1 N–H and O–H groups in total. The largest absolute Gasteiger partial charge is 0.416 e. The van der Waals surface area contributed by atoms with E-state index in [2.05, 4.69) is 27.4 Å². The van der Waals surface area contributed by atoms with Crippen LogP contribution in [0.3, 0.4) is 0 Å². The second-order valence-electron chi connectivity index (χ2n) is 8.58. The summed E-state index contributed by atoms with van der Waals surface area (Å²) in [6.45, 7) is 3.23. The fourth-order valence-electron chi connectivity index (χ4n) is 4.83. The predicted octanol–water partition coefficient (Wildman–Crippen LogP) is 4.36. The molecule has 2 aromatic rings. The Bertz CT molecular complexity index is 1220. The average molecular weight is 465 g/mol. The first-order valence-electron chi connectivity index (χ1n) is 10.5. The van der Waals surface area contributed by atoms with Crippen LogP contribution in [0.2, 0.25) is 5.02 Å². The van der Waals surface area contributed by atoms with E-state index in [-0.39, 0.29) is 23.0 Å². The van der Waals surface area contributed by atoms with Crippen molar-refractivity contribution in [1.82, 2.24) is 19.6 Å². The number of rotatable bonds is 4. The van der Waals surface area contributed by atoms with Gasteiger partial charge < -0.3 is 19.6 Å². The van der Waals surface area contributed by atoms with Gasteiger partial charge in [0, 0.05) is 37.1 Å². The molecule has 0 aliphatic carbocycles. The molecule has 11 heteroatoms. The monoisotopic (exact) mass is 464 g/mol. The molecule has 0 radical (unpaired) electrons. The number of likely N-dealkylation sites (N-methyl/N-ethyl adjacent to an activating group) is 1. The van der Waals surface area contributed by atoms with Gasteiger partial charge in [0.15, 0.2) is 5.82 Å². The molecule has 1 aromatic carbocycles. The second-order valence-corrected chi connectivity index (χ2v) is 9.02. The van der Waals surface area contributed by atoms with Crippen LogP contribution in [0, 0.1) is 0 Å². The van der Waals surface area contributed by atoms with Gasteiger partial charge in [0.25, 0.3) is 5.89 Å². The van der Waals surface area contributed by atoms with Crippen LogP contribution in [0.5, 0.6) is 0 Å². The predicted molar refractivity (Wildman–Crippen MR) is 113 cm³/mol. The summed E-state index contributed by atoms with van der Waals surface area (Å²) in [4.78, 5) is 8.80. The van der Waals surface area contributed by atoms with E-state index in [1.807, 2.05) is 9.47 Å². The minimum Gasteiger partial charge on any atom is -0.368 e. The van der Waals surface area contributed by atoms with Crippen LogP contribution in [0.4, 0.5) is 24.7 Å². The first-order chi connectivity index (χ1) is 15.3. The van der Waals surface area contributed by atoms with E-state index < -0.39 is 11.7 Å². The molecule has 168 valence electrons. The summed E-state index contributed by atoms with van der Waals surface area (Å²) in [6.07, 6.45) is -3.44. The number of aromatic nitrogens is 3. The number of hydrogen-bond donors (Lipinski definition) is 1. The maximum absolute atomic E-state index is 13.5. The molecule has 1 fully saturated rings. The number of alkyl halides is 3. The van der Waals surface area contributed by atoms with Crippen LogP contribution < -0.4 is 10.2 Å². The number of nitrogens with zero attached hydrogens (tertiary/aromatic N) is 5. The standard InChI is InChI=1S/C21H20ClF3N6O/c1-29-6-4-11(9-29)18-27-20(32-28-18)17-15-16-19(31(15)17)26-5-7-30(16)10-12-8-13(22)2-3-14(12)21(23,24)25/h2-3,8,11,26H,4-7,9-10H2,1H3. The summed E-state index contributed by atoms with van der Waals surface area (Å²) in [6, 6.07) is 3.72. The Morgan fingerprint density at radius 3 is 2.84 bits per heavy atom. The van der Waals surface area contributed by atoms with Gasteiger partial charge in [0.05, 0.1) is 5.56 Å². The van der Waals surface area contributed by atoms with Crippen LogP contribution in [0.15, 0.2) is 22.7 Å². The van der Waals surface area contributed by atoms with Crippen molar-refractivity contribution in [2.45, 2.75) is 25.1 Å². The van der Waals surface area contributed by atoms with E-state index in [1.54, 1.807) is 0 Å². The van der Waals surface area contributed by atoms with Crippen LogP contribution in [-0.4, -0.2) is 52.8 Å². The van der Waals surface area contributed by atoms with Gasteiger partial charge in [-0.15, -0.1) is 0 Å². The van der Waals surface area contributed by atoms with Gasteiger partial charge >= 0.3 is 6.18 Å². The van der Waals surface area contributed by atoms with Crippen molar-refractivity contribution >= 4 is 23.1 Å². The Kier molecular flexibility index (Phi) is 4.29. The van der Waals surface area contributed by atoms with Crippen molar-refractivity contribution in [2.24, 2.45) is 0 Å². The van der Waals surface area contributed by atoms with Gasteiger partial charge in [-0.1, -0.05) is 16.8 Å². The number of benzene rings is 1.